The quantitative estimate of drug-likeness (QED) is 0.802. The minimum Gasteiger partial charge on any atom is -0.486 e. The van der Waals surface area contributed by atoms with Crippen LogP contribution in [0.1, 0.15) is 19.4 Å². The van der Waals surface area contributed by atoms with Crippen molar-refractivity contribution in [3.63, 3.8) is 0 Å². The largest absolute Gasteiger partial charge is 0.486 e. The molecule has 7 nitrogen and oxygen atoms in total. The minimum absolute atomic E-state index is 0.313. The maximum atomic E-state index is 12.6. The van der Waals surface area contributed by atoms with E-state index in [1.54, 1.807) is 50.5 Å². The maximum absolute atomic E-state index is 12.6. The first-order valence-electron chi connectivity index (χ1n) is 8.35. The smallest absolute Gasteiger partial charge is 0.239 e. The maximum Gasteiger partial charge on any atom is 0.239 e. The van der Waals surface area contributed by atoms with Crippen LogP contribution >= 0.6 is 0 Å². The van der Waals surface area contributed by atoms with E-state index in [0.717, 1.165) is 5.56 Å². The molecule has 2 aromatic rings. The van der Waals surface area contributed by atoms with Gasteiger partial charge in [-0.25, -0.2) is 0 Å². The lowest BCUT2D eigenvalue weighted by Gasteiger charge is -2.23. The number of anilines is 1. The number of hydrogen-bond acceptors (Lipinski definition) is 5. The van der Waals surface area contributed by atoms with Gasteiger partial charge in [-0.05, 0) is 37.6 Å². The lowest BCUT2D eigenvalue weighted by atomic mass is 9.91. The topological polar surface area (TPSA) is 89.6 Å². The molecule has 0 atom stereocenters. The lowest BCUT2D eigenvalue weighted by molar-refractivity contribution is -0.138. The van der Waals surface area contributed by atoms with Crippen LogP contribution in [-0.4, -0.2) is 30.0 Å². The van der Waals surface area contributed by atoms with Crippen LogP contribution in [0.25, 0.3) is 0 Å². The Morgan fingerprint density at radius 1 is 1.12 bits per heavy atom. The first-order valence-corrected chi connectivity index (χ1v) is 8.35. The van der Waals surface area contributed by atoms with E-state index in [0.29, 0.717) is 36.9 Å². The second-order valence-corrected chi connectivity index (χ2v) is 6.48. The highest BCUT2D eigenvalue weighted by Gasteiger charge is 2.36. The third-order valence-electron chi connectivity index (χ3n) is 4.11. The predicted octanol–water partition coefficient (Wildman–Crippen LogP) is 2.13. The highest BCUT2D eigenvalue weighted by molar-refractivity contribution is 6.09. The van der Waals surface area contributed by atoms with Gasteiger partial charge >= 0.3 is 0 Å². The average Bonchev–Trinajstić information content (AvgIpc) is 2.66. The Kier molecular flexibility index (Phi) is 5.06. The molecular formula is C19H21N3O4. The van der Waals surface area contributed by atoms with E-state index in [9.17, 15) is 9.59 Å². The highest BCUT2D eigenvalue weighted by atomic mass is 16.6. The van der Waals surface area contributed by atoms with Crippen molar-refractivity contribution in [3.05, 3.63) is 48.3 Å². The van der Waals surface area contributed by atoms with E-state index < -0.39 is 11.3 Å². The van der Waals surface area contributed by atoms with E-state index >= 15 is 0 Å². The zero-order valence-electron chi connectivity index (χ0n) is 14.7. The molecule has 0 bridgehead atoms. The Hall–Kier alpha value is -3.09. The van der Waals surface area contributed by atoms with E-state index in [-0.39, 0.29) is 5.91 Å². The Bertz CT molecular complexity index is 806. The molecule has 1 aromatic carbocycles. The second kappa shape index (κ2) is 7.43. The van der Waals surface area contributed by atoms with Gasteiger partial charge in [0.05, 0.1) is 0 Å². The third-order valence-corrected chi connectivity index (χ3v) is 4.11. The molecule has 0 aliphatic carbocycles. The van der Waals surface area contributed by atoms with Crippen molar-refractivity contribution in [1.82, 2.24) is 10.3 Å². The van der Waals surface area contributed by atoms with Gasteiger partial charge in [0.15, 0.2) is 11.5 Å². The zero-order chi connectivity index (χ0) is 18.6. The Balaban J connectivity index is 1.62. The molecule has 7 heteroatoms. The summed E-state index contributed by atoms with van der Waals surface area (Å²) < 4.78 is 11.0. The van der Waals surface area contributed by atoms with E-state index in [4.69, 9.17) is 9.47 Å². The number of benzene rings is 1. The first kappa shape index (κ1) is 17.7. The lowest BCUT2D eigenvalue weighted by Crippen LogP contribution is -2.44. The number of aromatic nitrogens is 1. The number of ether oxygens (including phenoxy) is 2. The van der Waals surface area contributed by atoms with Gasteiger partial charge in [-0.2, -0.15) is 0 Å². The fraction of sp³-hybridized carbons (Fsp3) is 0.316. The highest BCUT2D eigenvalue weighted by Crippen LogP contribution is 2.33. The molecule has 2 heterocycles. The van der Waals surface area contributed by atoms with Gasteiger partial charge in [-0.15, -0.1) is 0 Å². The minimum atomic E-state index is -1.24. The van der Waals surface area contributed by atoms with Gasteiger partial charge in [0, 0.05) is 30.7 Å². The molecule has 26 heavy (non-hydrogen) atoms. The molecule has 3 rings (SSSR count). The Morgan fingerprint density at radius 3 is 2.62 bits per heavy atom. The van der Waals surface area contributed by atoms with Crippen molar-refractivity contribution >= 4 is 17.5 Å². The van der Waals surface area contributed by atoms with Crippen LogP contribution in [0, 0.1) is 5.41 Å². The molecule has 0 saturated heterocycles. The number of nitrogens with zero attached hydrogens (tertiary/aromatic N) is 1. The summed E-state index contributed by atoms with van der Waals surface area (Å²) in [5.41, 5.74) is 0.173. The van der Waals surface area contributed by atoms with E-state index in [1.165, 1.54) is 0 Å². The number of carbonyl (C=O) groups excluding carboxylic acids is 2. The van der Waals surface area contributed by atoms with Gasteiger partial charge in [0.1, 0.15) is 18.6 Å². The van der Waals surface area contributed by atoms with Gasteiger partial charge in [-0.3, -0.25) is 14.6 Å². The van der Waals surface area contributed by atoms with Crippen LogP contribution in [0.5, 0.6) is 11.5 Å². The summed E-state index contributed by atoms with van der Waals surface area (Å²) >= 11 is 0. The van der Waals surface area contributed by atoms with Gasteiger partial charge < -0.3 is 20.1 Å². The number of fused-ring (bicyclic) bond motifs is 1. The molecule has 0 saturated carbocycles. The summed E-state index contributed by atoms with van der Waals surface area (Å²) in [6.07, 6.45) is 3.33. The molecule has 0 fully saturated rings. The van der Waals surface area contributed by atoms with Crippen molar-refractivity contribution in [3.8, 4) is 11.5 Å². The number of pyridine rings is 1. The van der Waals surface area contributed by atoms with Gasteiger partial charge in [0.25, 0.3) is 0 Å². The SMILES string of the molecule is CC(C)(C(=O)NCc1cccnc1)C(=O)Nc1ccc2c(c1)OCCO2. The summed E-state index contributed by atoms with van der Waals surface area (Å²) in [4.78, 5) is 29.1. The molecule has 0 spiro atoms. The standard InChI is InChI=1S/C19H21N3O4/c1-19(2,17(23)21-12-13-4-3-7-20-11-13)18(24)22-14-5-6-15-16(10-14)26-9-8-25-15/h3-7,10-11H,8-9,12H2,1-2H3,(H,21,23)(H,22,24). The molecule has 2 amide bonds. The van der Waals surface area contributed by atoms with Crippen molar-refractivity contribution in [2.75, 3.05) is 18.5 Å². The molecule has 136 valence electrons. The fourth-order valence-electron chi connectivity index (χ4n) is 2.42. The van der Waals surface area contributed by atoms with Crippen LogP contribution in [-0.2, 0) is 16.1 Å². The van der Waals surface area contributed by atoms with E-state index in [1.807, 2.05) is 6.07 Å². The number of amides is 2. The van der Waals surface area contributed by atoms with Crippen molar-refractivity contribution < 1.29 is 19.1 Å². The summed E-state index contributed by atoms with van der Waals surface area (Å²) in [6.45, 7) is 4.45. The molecule has 1 aliphatic heterocycles. The number of carbonyl (C=O) groups is 2. The van der Waals surface area contributed by atoms with E-state index in [2.05, 4.69) is 15.6 Å². The second-order valence-electron chi connectivity index (χ2n) is 6.48. The molecule has 1 aliphatic rings. The molecule has 0 radical (unpaired) electrons. The first-order chi connectivity index (χ1) is 12.5. The molecule has 1 aromatic heterocycles. The van der Waals surface area contributed by atoms with Crippen LogP contribution < -0.4 is 20.1 Å². The number of nitrogens with one attached hydrogen (secondary N) is 2. The van der Waals surface area contributed by atoms with Crippen molar-refractivity contribution in [1.29, 1.82) is 0 Å². The summed E-state index contributed by atoms with van der Waals surface area (Å²) in [5, 5.41) is 5.54. The summed E-state index contributed by atoms with van der Waals surface area (Å²) in [5.74, 6) is 0.449. The van der Waals surface area contributed by atoms with Gasteiger partial charge in [0.2, 0.25) is 11.8 Å². The summed E-state index contributed by atoms with van der Waals surface area (Å²) in [7, 11) is 0. The normalized spacial score (nSPS) is 13.0. The van der Waals surface area contributed by atoms with Crippen LogP contribution in [0.15, 0.2) is 42.7 Å². The Morgan fingerprint density at radius 2 is 1.88 bits per heavy atom. The third kappa shape index (κ3) is 3.93. The van der Waals surface area contributed by atoms with Crippen molar-refractivity contribution in [2.24, 2.45) is 5.41 Å². The predicted molar refractivity (Wildman–Crippen MR) is 95.9 cm³/mol. The van der Waals surface area contributed by atoms with Crippen LogP contribution in [0.4, 0.5) is 5.69 Å². The zero-order valence-corrected chi connectivity index (χ0v) is 14.7. The van der Waals surface area contributed by atoms with Crippen LogP contribution in [0.2, 0.25) is 0 Å². The number of rotatable bonds is 5. The summed E-state index contributed by atoms with van der Waals surface area (Å²) in [6, 6.07) is 8.79. The average molecular weight is 355 g/mol. The molecular weight excluding hydrogens is 334 g/mol. The fourth-order valence-corrected chi connectivity index (χ4v) is 2.42. The van der Waals surface area contributed by atoms with Crippen LogP contribution in [0.3, 0.4) is 0 Å². The molecule has 2 N–H and O–H groups in total. The number of hydrogen-bond donors (Lipinski definition) is 2. The van der Waals surface area contributed by atoms with Gasteiger partial charge in [-0.1, -0.05) is 6.07 Å². The van der Waals surface area contributed by atoms with Crippen molar-refractivity contribution in [2.45, 2.75) is 20.4 Å². The Labute approximate surface area is 151 Å². The monoisotopic (exact) mass is 355 g/mol. The molecule has 0 unspecified atom stereocenters.